The van der Waals surface area contributed by atoms with E-state index in [2.05, 4.69) is 40.8 Å². The Balaban J connectivity index is 3.43. The molecule has 0 radical (unpaired) electrons. The van der Waals surface area contributed by atoms with Crippen molar-refractivity contribution < 1.29 is 9.22 Å². The summed E-state index contributed by atoms with van der Waals surface area (Å²) < 4.78 is 5.81. The van der Waals surface area contributed by atoms with Crippen LogP contribution in [0.15, 0.2) is 0 Å². The molecule has 0 aliphatic heterocycles. The lowest BCUT2D eigenvalue weighted by Gasteiger charge is -2.35. The molecule has 0 N–H and O–H groups in total. The third-order valence-electron chi connectivity index (χ3n) is 5.66. The van der Waals surface area contributed by atoms with Gasteiger partial charge in [0.1, 0.15) is 0 Å². The van der Waals surface area contributed by atoms with E-state index in [1.54, 1.807) is 0 Å². The number of hydrogen-bond donors (Lipinski definition) is 0. The van der Waals surface area contributed by atoms with Crippen LogP contribution in [0.1, 0.15) is 118 Å². The van der Waals surface area contributed by atoms with Gasteiger partial charge in [0, 0.05) is 6.42 Å². The van der Waals surface area contributed by atoms with E-state index < -0.39 is 8.32 Å². The maximum atomic E-state index is 12.0. The van der Waals surface area contributed by atoms with E-state index in [0.717, 1.165) is 6.42 Å². The molecular formula is C22H46O2Si. The highest BCUT2D eigenvalue weighted by atomic mass is 28.4. The van der Waals surface area contributed by atoms with Crippen molar-refractivity contribution >= 4 is 14.3 Å². The molecule has 0 fully saturated rings. The van der Waals surface area contributed by atoms with Crippen LogP contribution in [0.25, 0.3) is 0 Å². The van der Waals surface area contributed by atoms with Gasteiger partial charge in [-0.15, -0.1) is 0 Å². The molecule has 0 aliphatic rings. The first-order chi connectivity index (χ1) is 11.7. The lowest BCUT2D eigenvalue weighted by molar-refractivity contribution is -0.135. The predicted molar refractivity (Wildman–Crippen MR) is 114 cm³/mol. The van der Waals surface area contributed by atoms with Crippen LogP contribution in [0.3, 0.4) is 0 Å². The molecule has 0 spiro atoms. The molecule has 0 amide bonds. The summed E-state index contributed by atoms with van der Waals surface area (Å²) in [4.78, 5) is 12.0. The molecule has 0 bridgehead atoms. The first-order valence-electron chi connectivity index (χ1n) is 10.9. The summed E-state index contributed by atoms with van der Waals surface area (Å²) >= 11 is 0. The van der Waals surface area contributed by atoms with E-state index in [9.17, 15) is 4.79 Å². The Morgan fingerprint density at radius 2 is 1.08 bits per heavy atom. The first kappa shape index (κ1) is 24.7. The normalized spacial score (nSPS) is 12.4. The number of carbonyl (C=O) groups excluding carboxylic acids is 1. The maximum Gasteiger partial charge on any atom is 0.292 e. The van der Waals surface area contributed by atoms with Crippen molar-refractivity contribution in [2.24, 2.45) is 0 Å². The molecular weight excluding hydrogens is 324 g/mol. The van der Waals surface area contributed by atoms with Crippen molar-refractivity contribution in [3.8, 4) is 0 Å². The molecule has 0 aromatic carbocycles. The molecule has 0 unspecified atom stereocenters. The SMILES string of the molecule is CCCCCCCCCCCCCCCC(=O)O[Si](C)(C)C(C)(C)C. The molecule has 150 valence electrons. The van der Waals surface area contributed by atoms with Gasteiger partial charge < -0.3 is 4.43 Å². The van der Waals surface area contributed by atoms with Gasteiger partial charge in [-0.25, -0.2) is 0 Å². The van der Waals surface area contributed by atoms with E-state index in [1.807, 2.05) is 0 Å². The van der Waals surface area contributed by atoms with Gasteiger partial charge in [0.05, 0.1) is 0 Å². The second-order valence-electron chi connectivity index (χ2n) is 9.23. The van der Waals surface area contributed by atoms with Crippen LogP contribution in [0.5, 0.6) is 0 Å². The quantitative estimate of drug-likeness (QED) is 0.215. The van der Waals surface area contributed by atoms with Gasteiger partial charge in [-0.3, -0.25) is 4.79 Å². The van der Waals surface area contributed by atoms with Crippen molar-refractivity contribution in [1.29, 1.82) is 0 Å². The Morgan fingerprint density at radius 1 is 0.720 bits per heavy atom. The molecule has 0 heterocycles. The lowest BCUT2D eigenvalue weighted by Crippen LogP contribution is -2.42. The molecule has 0 aliphatic carbocycles. The minimum absolute atomic E-state index is 0.0228. The molecule has 25 heavy (non-hydrogen) atoms. The fraction of sp³-hybridized carbons (Fsp3) is 0.955. The second kappa shape index (κ2) is 13.8. The Labute approximate surface area is 159 Å². The largest absolute Gasteiger partial charge is 0.519 e. The Bertz CT molecular complexity index is 331. The second-order valence-corrected chi connectivity index (χ2v) is 14.0. The van der Waals surface area contributed by atoms with Crippen molar-refractivity contribution in [3.63, 3.8) is 0 Å². The van der Waals surface area contributed by atoms with Crippen LogP contribution < -0.4 is 0 Å². The average molecular weight is 371 g/mol. The number of carbonyl (C=O) groups is 1. The lowest BCUT2D eigenvalue weighted by atomic mass is 10.0. The van der Waals surface area contributed by atoms with Gasteiger partial charge in [-0.1, -0.05) is 105 Å². The van der Waals surface area contributed by atoms with Crippen molar-refractivity contribution in [2.75, 3.05) is 0 Å². The molecule has 0 aromatic rings. The summed E-state index contributed by atoms with van der Waals surface area (Å²) in [5.74, 6) is 0.0228. The summed E-state index contributed by atoms with van der Waals surface area (Å²) in [5, 5.41) is 0.110. The van der Waals surface area contributed by atoms with E-state index in [0.29, 0.717) is 6.42 Å². The van der Waals surface area contributed by atoms with Gasteiger partial charge in [0.2, 0.25) is 0 Å². The summed E-state index contributed by atoms with van der Waals surface area (Å²) in [7, 11) is -1.92. The number of rotatable bonds is 15. The summed E-state index contributed by atoms with van der Waals surface area (Å²) in [6.45, 7) is 13.1. The van der Waals surface area contributed by atoms with Gasteiger partial charge >= 0.3 is 0 Å². The van der Waals surface area contributed by atoms with Crippen molar-refractivity contribution in [3.05, 3.63) is 0 Å². The van der Waals surface area contributed by atoms with E-state index in [4.69, 9.17) is 4.43 Å². The topological polar surface area (TPSA) is 26.3 Å². The molecule has 2 nitrogen and oxygen atoms in total. The maximum absolute atomic E-state index is 12.0. The third-order valence-corrected chi connectivity index (χ3v) is 10.0. The first-order valence-corrected chi connectivity index (χ1v) is 13.8. The smallest absolute Gasteiger partial charge is 0.292 e. The molecule has 0 rings (SSSR count). The highest BCUT2D eigenvalue weighted by Crippen LogP contribution is 2.36. The van der Waals surface area contributed by atoms with Gasteiger partial charge in [0.15, 0.2) is 0 Å². The molecule has 0 atom stereocenters. The predicted octanol–water partition coefficient (Wildman–Crippen LogP) is 8.02. The average Bonchev–Trinajstić information content (AvgIpc) is 2.50. The van der Waals surface area contributed by atoms with Gasteiger partial charge in [-0.05, 0) is 24.6 Å². The third kappa shape index (κ3) is 13.5. The summed E-state index contributed by atoms with van der Waals surface area (Å²) in [5.41, 5.74) is 0. The highest BCUT2D eigenvalue weighted by molar-refractivity contribution is 6.75. The fourth-order valence-corrected chi connectivity index (χ4v) is 3.75. The highest BCUT2D eigenvalue weighted by Gasteiger charge is 2.40. The Morgan fingerprint density at radius 3 is 1.44 bits per heavy atom. The van der Waals surface area contributed by atoms with Crippen molar-refractivity contribution in [2.45, 2.75) is 136 Å². The van der Waals surface area contributed by atoms with E-state index >= 15 is 0 Å². The van der Waals surface area contributed by atoms with Crippen LogP contribution in [-0.2, 0) is 9.22 Å². The molecule has 0 saturated carbocycles. The molecule has 0 saturated heterocycles. The summed E-state index contributed by atoms with van der Waals surface area (Å²) in [6, 6.07) is 0. The number of hydrogen-bond acceptors (Lipinski definition) is 2. The zero-order valence-electron chi connectivity index (χ0n) is 18.2. The minimum atomic E-state index is -1.92. The van der Waals surface area contributed by atoms with Crippen LogP contribution in [0, 0.1) is 0 Å². The summed E-state index contributed by atoms with van der Waals surface area (Å²) in [6.07, 6.45) is 18.0. The van der Waals surface area contributed by atoms with E-state index in [1.165, 1.54) is 77.0 Å². The van der Waals surface area contributed by atoms with Crippen LogP contribution in [0.2, 0.25) is 18.1 Å². The van der Waals surface area contributed by atoms with Gasteiger partial charge in [-0.2, -0.15) is 0 Å². The van der Waals surface area contributed by atoms with Crippen LogP contribution in [-0.4, -0.2) is 14.3 Å². The Kier molecular flexibility index (Phi) is 13.7. The zero-order valence-corrected chi connectivity index (χ0v) is 19.2. The van der Waals surface area contributed by atoms with Crippen LogP contribution in [0.4, 0.5) is 0 Å². The molecule has 3 heteroatoms. The Hall–Kier alpha value is -0.313. The zero-order chi connectivity index (χ0) is 19.2. The van der Waals surface area contributed by atoms with Crippen LogP contribution >= 0.6 is 0 Å². The molecule has 0 aromatic heterocycles. The van der Waals surface area contributed by atoms with E-state index in [-0.39, 0.29) is 11.0 Å². The standard InChI is InChI=1S/C22H46O2Si/c1-7-8-9-10-11-12-13-14-15-16-17-18-19-20-21(23)24-25(5,6)22(2,3)4/h7-20H2,1-6H3. The fourth-order valence-electron chi connectivity index (χ4n) is 2.78. The van der Waals surface area contributed by atoms with Crippen molar-refractivity contribution in [1.82, 2.24) is 0 Å². The minimum Gasteiger partial charge on any atom is -0.519 e. The van der Waals surface area contributed by atoms with Gasteiger partial charge in [0.25, 0.3) is 14.3 Å². The number of unbranched alkanes of at least 4 members (excludes halogenated alkanes) is 12. The monoisotopic (exact) mass is 370 g/mol.